The molecule has 30 heavy (non-hydrogen) atoms. The van der Waals surface area contributed by atoms with Crippen LogP contribution in [0.3, 0.4) is 0 Å². The van der Waals surface area contributed by atoms with Crippen LogP contribution in [-0.4, -0.2) is 22.5 Å². The summed E-state index contributed by atoms with van der Waals surface area (Å²) in [5.74, 6) is 0.954. The summed E-state index contributed by atoms with van der Waals surface area (Å²) in [7, 11) is 0. The summed E-state index contributed by atoms with van der Waals surface area (Å²) in [6.07, 6.45) is 1.44. The van der Waals surface area contributed by atoms with Gasteiger partial charge in [-0.05, 0) is 67.3 Å². The van der Waals surface area contributed by atoms with Crippen molar-refractivity contribution in [1.29, 1.82) is 0 Å². The molecule has 1 heterocycles. The molecular formula is C23H27N5O2. The first-order valence-corrected chi connectivity index (χ1v) is 9.82. The van der Waals surface area contributed by atoms with Gasteiger partial charge in [0.15, 0.2) is 11.6 Å². The number of nitrogens with one attached hydrogen (secondary N) is 2. The van der Waals surface area contributed by atoms with Crippen LogP contribution in [0.15, 0.2) is 48.8 Å². The smallest absolute Gasteiger partial charge is 0.338 e. The van der Waals surface area contributed by atoms with Gasteiger partial charge in [0.25, 0.3) is 0 Å². The normalized spacial score (nSPS) is 10.7. The van der Waals surface area contributed by atoms with Crippen molar-refractivity contribution in [3.63, 3.8) is 0 Å². The fourth-order valence-corrected chi connectivity index (χ4v) is 2.70. The SMILES string of the molecule is Cc1ccc(Nc2ncnc(Nc3ccc(C(=O)OCC(C)C)cc3)c2N)cc1C. The highest BCUT2D eigenvalue weighted by molar-refractivity contribution is 5.90. The highest BCUT2D eigenvalue weighted by atomic mass is 16.5. The Bertz CT molecular complexity index is 1030. The lowest BCUT2D eigenvalue weighted by atomic mass is 10.1. The van der Waals surface area contributed by atoms with Crippen molar-refractivity contribution in [3.8, 4) is 0 Å². The molecule has 0 fully saturated rings. The number of nitrogen functional groups attached to an aromatic ring is 1. The molecule has 0 aliphatic carbocycles. The number of nitrogens with two attached hydrogens (primary N) is 1. The zero-order valence-corrected chi connectivity index (χ0v) is 17.7. The molecule has 0 unspecified atom stereocenters. The maximum Gasteiger partial charge on any atom is 0.338 e. The molecule has 3 rings (SSSR count). The van der Waals surface area contributed by atoms with Crippen LogP contribution in [0, 0.1) is 19.8 Å². The van der Waals surface area contributed by atoms with E-state index in [0.29, 0.717) is 35.4 Å². The number of ether oxygens (including phenoxy) is 1. The number of hydrogen-bond donors (Lipinski definition) is 3. The third-order valence-corrected chi connectivity index (χ3v) is 4.58. The number of hydrogen-bond acceptors (Lipinski definition) is 7. The molecule has 4 N–H and O–H groups in total. The molecule has 7 nitrogen and oxygen atoms in total. The first-order valence-electron chi connectivity index (χ1n) is 9.82. The van der Waals surface area contributed by atoms with Gasteiger partial charge in [-0.25, -0.2) is 14.8 Å². The quantitative estimate of drug-likeness (QED) is 0.477. The van der Waals surface area contributed by atoms with Crippen LogP contribution in [-0.2, 0) is 4.74 Å². The molecule has 0 aliphatic rings. The number of carbonyl (C=O) groups is 1. The van der Waals surface area contributed by atoms with Crippen LogP contribution in [0.25, 0.3) is 0 Å². The highest BCUT2D eigenvalue weighted by Crippen LogP contribution is 2.28. The third kappa shape index (κ3) is 5.26. The second kappa shape index (κ2) is 9.26. The van der Waals surface area contributed by atoms with Crippen molar-refractivity contribution < 1.29 is 9.53 Å². The zero-order chi connectivity index (χ0) is 21.7. The minimum atomic E-state index is -0.336. The van der Waals surface area contributed by atoms with Gasteiger partial charge in [0.05, 0.1) is 12.2 Å². The summed E-state index contributed by atoms with van der Waals surface area (Å²) in [6, 6.07) is 13.0. The first-order chi connectivity index (χ1) is 14.3. The van der Waals surface area contributed by atoms with E-state index in [2.05, 4.69) is 34.4 Å². The Morgan fingerprint density at radius 3 is 2.17 bits per heavy atom. The number of rotatable bonds is 7. The van der Waals surface area contributed by atoms with E-state index >= 15 is 0 Å². The van der Waals surface area contributed by atoms with Crippen LogP contribution in [0.4, 0.5) is 28.7 Å². The molecular weight excluding hydrogens is 378 g/mol. The lowest BCUT2D eigenvalue weighted by molar-refractivity contribution is 0.0459. The lowest BCUT2D eigenvalue weighted by Crippen LogP contribution is -2.10. The Kier molecular flexibility index (Phi) is 6.51. The van der Waals surface area contributed by atoms with E-state index in [1.807, 2.05) is 32.0 Å². The Labute approximate surface area is 176 Å². The molecule has 0 spiro atoms. The van der Waals surface area contributed by atoms with Gasteiger partial charge in [0, 0.05) is 11.4 Å². The number of esters is 1. The number of anilines is 5. The number of benzene rings is 2. The van der Waals surface area contributed by atoms with Gasteiger partial charge in [-0.3, -0.25) is 0 Å². The second-order valence-electron chi connectivity index (χ2n) is 7.60. The molecule has 0 bridgehead atoms. The summed E-state index contributed by atoms with van der Waals surface area (Å²) in [5, 5.41) is 6.40. The Morgan fingerprint density at radius 2 is 1.57 bits per heavy atom. The number of carbonyl (C=O) groups excluding carboxylic acids is 1. The summed E-state index contributed by atoms with van der Waals surface area (Å²) < 4.78 is 5.25. The summed E-state index contributed by atoms with van der Waals surface area (Å²) in [4.78, 5) is 20.5. The van der Waals surface area contributed by atoms with E-state index in [9.17, 15) is 4.79 Å². The Hall–Kier alpha value is -3.61. The zero-order valence-electron chi connectivity index (χ0n) is 17.7. The maximum atomic E-state index is 12.0. The van der Waals surface area contributed by atoms with Crippen molar-refractivity contribution >= 4 is 34.7 Å². The molecule has 3 aromatic rings. The van der Waals surface area contributed by atoms with Gasteiger partial charge in [0.2, 0.25) is 0 Å². The molecule has 0 aliphatic heterocycles. The van der Waals surface area contributed by atoms with Gasteiger partial charge in [-0.2, -0.15) is 0 Å². The largest absolute Gasteiger partial charge is 0.462 e. The van der Waals surface area contributed by atoms with Gasteiger partial charge < -0.3 is 21.1 Å². The molecule has 2 aromatic carbocycles. The van der Waals surface area contributed by atoms with E-state index < -0.39 is 0 Å². The molecule has 0 saturated heterocycles. The highest BCUT2D eigenvalue weighted by Gasteiger charge is 2.11. The molecule has 0 amide bonds. The van der Waals surface area contributed by atoms with Crippen molar-refractivity contribution in [2.45, 2.75) is 27.7 Å². The average molecular weight is 406 g/mol. The van der Waals surface area contributed by atoms with Crippen LogP contribution in [0.2, 0.25) is 0 Å². The molecule has 156 valence electrons. The monoisotopic (exact) mass is 405 g/mol. The predicted octanol–water partition coefficient (Wildman–Crippen LogP) is 4.98. The molecule has 0 saturated carbocycles. The Morgan fingerprint density at radius 1 is 0.967 bits per heavy atom. The topological polar surface area (TPSA) is 102 Å². The molecule has 1 aromatic heterocycles. The predicted molar refractivity (Wildman–Crippen MR) is 120 cm³/mol. The van der Waals surface area contributed by atoms with Crippen LogP contribution in [0.1, 0.15) is 35.3 Å². The van der Waals surface area contributed by atoms with E-state index in [1.165, 1.54) is 17.5 Å². The number of aryl methyl sites for hydroxylation is 2. The van der Waals surface area contributed by atoms with E-state index in [-0.39, 0.29) is 5.97 Å². The van der Waals surface area contributed by atoms with Crippen molar-refractivity contribution in [2.75, 3.05) is 23.0 Å². The van der Waals surface area contributed by atoms with Crippen molar-refractivity contribution in [3.05, 3.63) is 65.5 Å². The standard InChI is InChI=1S/C23H27N5O2/c1-14(2)12-30-23(29)17-6-9-18(10-7-17)27-21-20(24)22(26-13-25-21)28-19-8-5-15(3)16(4)11-19/h5-11,13-14H,12,24H2,1-4H3,(H2,25,26,27,28). The number of aromatic nitrogens is 2. The van der Waals surface area contributed by atoms with E-state index in [4.69, 9.17) is 10.5 Å². The van der Waals surface area contributed by atoms with Crippen LogP contribution < -0.4 is 16.4 Å². The third-order valence-electron chi connectivity index (χ3n) is 4.58. The van der Waals surface area contributed by atoms with E-state index in [1.54, 1.807) is 24.3 Å². The van der Waals surface area contributed by atoms with Crippen molar-refractivity contribution in [1.82, 2.24) is 9.97 Å². The van der Waals surface area contributed by atoms with Gasteiger partial charge in [-0.15, -0.1) is 0 Å². The molecule has 0 radical (unpaired) electrons. The fourth-order valence-electron chi connectivity index (χ4n) is 2.70. The van der Waals surface area contributed by atoms with Gasteiger partial charge >= 0.3 is 5.97 Å². The second-order valence-corrected chi connectivity index (χ2v) is 7.60. The maximum absolute atomic E-state index is 12.0. The number of nitrogens with zero attached hydrogens (tertiary/aromatic N) is 2. The summed E-state index contributed by atoms with van der Waals surface area (Å²) in [6.45, 7) is 8.51. The molecule has 0 atom stereocenters. The minimum absolute atomic E-state index is 0.294. The van der Waals surface area contributed by atoms with Crippen LogP contribution >= 0.6 is 0 Å². The van der Waals surface area contributed by atoms with E-state index in [0.717, 1.165) is 11.4 Å². The summed E-state index contributed by atoms with van der Waals surface area (Å²) in [5.41, 5.74) is 11.2. The van der Waals surface area contributed by atoms with Gasteiger partial charge in [0.1, 0.15) is 12.0 Å². The lowest BCUT2D eigenvalue weighted by Gasteiger charge is -2.13. The van der Waals surface area contributed by atoms with Crippen molar-refractivity contribution in [2.24, 2.45) is 5.92 Å². The fraction of sp³-hybridized carbons (Fsp3) is 0.261. The van der Waals surface area contributed by atoms with Crippen LogP contribution in [0.5, 0.6) is 0 Å². The first kappa shape index (κ1) is 21.1. The summed E-state index contributed by atoms with van der Waals surface area (Å²) >= 11 is 0. The average Bonchev–Trinajstić information content (AvgIpc) is 2.72. The van der Waals surface area contributed by atoms with Gasteiger partial charge in [-0.1, -0.05) is 19.9 Å². The molecule has 7 heteroatoms. The minimum Gasteiger partial charge on any atom is -0.462 e. The Balaban J connectivity index is 1.72.